The van der Waals surface area contributed by atoms with Crippen molar-refractivity contribution in [3.8, 4) is 11.8 Å². The summed E-state index contributed by atoms with van der Waals surface area (Å²) >= 11 is 0. The molecule has 0 fully saturated rings. The highest BCUT2D eigenvalue weighted by Crippen LogP contribution is 2.00. The molecule has 0 unspecified atom stereocenters. The number of rotatable bonds is 2. The molecule has 0 aromatic heterocycles. The van der Waals surface area contributed by atoms with Gasteiger partial charge in [0.15, 0.2) is 0 Å². The Morgan fingerprint density at radius 3 is 1.80 bits per heavy atom. The standard InChI is InChI=1S/C11H14.2C2H6/c1-5-7-11(8-6-2)9-10(3)4;2*1-2/h5,7,9H,1H2,2-4H3;2*1-2H3/b11-7-;;. The Morgan fingerprint density at radius 2 is 1.53 bits per heavy atom. The van der Waals surface area contributed by atoms with Crippen LogP contribution in [0.25, 0.3) is 0 Å². The van der Waals surface area contributed by atoms with Crippen LogP contribution < -0.4 is 0 Å². The Bertz CT molecular complexity index is 237. The highest BCUT2D eigenvalue weighted by molar-refractivity contribution is 5.41. The molecule has 0 aromatic rings. The van der Waals surface area contributed by atoms with Crippen molar-refractivity contribution in [1.82, 2.24) is 0 Å². The van der Waals surface area contributed by atoms with Gasteiger partial charge in [0.1, 0.15) is 0 Å². The molecule has 0 aliphatic rings. The summed E-state index contributed by atoms with van der Waals surface area (Å²) in [5.41, 5.74) is 2.27. The van der Waals surface area contributed by atoms with Crippen molar-refractivity contribution in [3.05, 3.63) is 36.0 Å². The lowest BCUT2D eigenvalue weighted by Gasteiger charge is -1.89. The molecule has 86 valence electrons. The summed E-state index contributed by atoms with van der Waals surface area (Å²) < 4.78 is 0. The molecule has 0 heterocycles. The lowest BCUT2D eigenvalue weighted by molar-refractivity contribution is 1.38. The molecule has 0 bridgehead atoms. The summed E-state index contributed by atoms with van der Waals surface area (Å²) in [5, 5.41) is 0. The Balaban J connectivity index is -0.000000318. The van der Waals surface area contributed by atoms with E-state index in [2.05, 4.69) is 18.4 Å². The second kappa shape index (κ2) is 18.5. The van der Waals surface area contributed by atoms with Gasteiger partial charge in [-0.2, -0.15) is 0 Å². The van der Waals surface area contributed by atoms with Crippen LogP contribution in [0.15, 0.2) is 36.0 Å². The minimum atomic E-state index is 1.02. The maximum Gasteiger partial charge on any atom is 0.0244 e. The third-order valence-electron chi connectivity index (χ3n) is 1.01. The summed E-state index contributed by atoms with van der Waals surface area (Å²) in [6, 6.07) is 0. The van der Waals surface area contributed by atoms with Crippen LogP contribution >= 0.6 is 0 Å². The zero-order valence-corrected chi connectivity index (χ0v) is 11.4. The van der Waals surface area contributed by atoms with Crippen LogP contribution in [0.1, 0.15) is 48.5 Å². The van der Waals surface area contributed by atoms with Gasteiger partial charge in [0.2, 0.25) is 0 Å². The minimum absolute atomic E-state index is 1.02. The van der Waals surface area contributed by atoms with Gasteiger partial charge in [-0.15, -0.1) is 5.92 Å². The number of allylic oxidation sites excluding steroid dienone is 5. The predicted octanol–water partition coefficient (Wildman–Crippen LogP) is 5.14. The highest BCUT2D eigenvalue weighted by atomic mass is 13.9. The van der Waals surface area contributed by atoms with Crippen molar-refractivity contribution in [2.24, 2.45) is 0 Å². The Kier molecular flexibility index (Phi) is 23.9. The van der Waals surface area contributed by atoms with E-state index in [1.165, 1.54) is 5.57 Å². The van der Waals surface area contributed by atoms with Crippen LogP contribution in [-0.4, -0.2) is 0 Å². The monoisotopic (exact) mass is 206 g/mol. The first-order chi connectivity index (χ1) is 7.20. The smallest absolute Gasteiger partial charge is 0.0244 e. The van der Waals surface area contributed by atoms with Gasteiger partial charge in [0, 0.05) is 5.57 Å². The van der Waals surface area contributed by atoms with Gasteiger partial charge in [-0.05, 0) is 32.9 Å². The summed E-state index contributed by atoms with van der Waals surface area (Å²) in [6.07, 6.45) is 5.70. The molecule has 0 amide bonds. The van der Waals surface area contributed by atoms with E-state index in [-0.39, 0.29) is 0 Å². The molecule has 0 N–H and O–H groups in total. The molecule has 0 nitrogen and oxygen atoms in total. The van der Waals surface area contributed by atoms with Gasteiger partial charge in [0.05, 0.1) is 0 Å². The molecule has 0 rings (SSSR count). The van der Waals surface area contributed by atoms with E-state index in [9.17, 15) is 0 Å². The van der Waals surface area contributed by atoms with Crippen LogP contribution in [0.4, 0.5) is 0 Å². The van der Waals surface area contributed by atoms with Crippen LogP contribution in [-0.2, 0) is 0 Å². The fraction of sp³-hybridized carbons (Fsp3) is 0.467. The minimum Gasteiger partial charge on any atom is -0.101 e. The van der Waals surface area contributed by atoms with Crippen molar-refractivity contribution in [2.75, 3.05) is 0 Å². The Morgan fingerprint density at radius 1 is 1.07 bits per heavy atom. The average Bonchev–Trinajstić information content (AvgIpc) is 2.24. The summed E-state index contributed by atoms with van der Waals surface area (Å²) in [5.74, 6) is 5.83. The van der Waals surface area contributed by atoms with E-state index in [0.717, 1.165) is 5.57 Å². The van der Waals surface area contributed by atoms with Crippen LogP contribution in [0.5, 0.6) is 0 Å². The fourth-order valence-electron chi connectivity index (χ4n) is 0.708. The van der Waals surface area contributed by atoms with Gasteiger partial charge in [-0.25, -0.2) is 0 Å². The molecule has 0 aliphatic heterocycles. The highest BCUT2D eigenvalue weighted by Gasteiger charge is 1.83. The van der Waals surface area contributed by atoms with Crippen molar-refractivity contribution < 1.29 is 0 Å². The van der Waals surface area contributed by atoms with Gasteiger partial charge in [-0.3, -0.25) is 0 Å². The van der Waals surface area contributed by atoms with Crippen LogP contribution in [0.3, 0.4) is 0 Å². The first kappa shape index (κ1) is 19.4. The van der Waals surface area contributed by atoms with E-state index < -0.39 is 0 Å². The zero-order valence-electron chi connectivity index (χ0n) is 11.4. The maximum atomic E-state index is 3.62. The third kappa shape index (κ3) is 19.3. The van der Waals surface area contributed by atoms with Crippen molar-refractivity contribution in [3.63, 3.8) is 0 Å². The summed E-state index contributed by atoms with van der Waals surface area (Å²) in [6.45, 7) is 17.5. The van der Waals surface area contributed by atoms with E-state index in [4.69, 9.17) is 0 Å². The quantitative estimate of drug-likeness (QED) is 0.433. The summed E-state index contributed by atoms with van der Waals surface area (Å²) in [7, 11) is 0. The molecule has 0 radical (unpaired) electrons. The average molecular weight is 206 g/mol. The normalized spacial score (nSPS) is 7.80. The Hall–Kier alpha value is -1.22. The van der Waals surface area contributed by atoms with E-state index in [1.54, 1.807) is 6.08 Å². The topological polar surface area (TPSA) is 0 Å². The van der Waals surface area contributed by atoms with Crippen LogP contribution in [0.2, 0.25) is 0 Å². The predicted molar refractivity (Wildman–Crippen MR) is 73.9 cm³/mol. The molecule has 0 heteroatoms. The fourth-order valence-corrected chi connectivity index (χ4v) is 0.708. The Labute approximate surface area is 96.8 Å². The first-order valence-electron chi connectivity index (χ1n) is 5.61. The van der Waals surface area contributed by atoms with Gasteiger partial charge in [0.25, 0.3) is 0 Å². The SMILES string of the molecule is C=C/C=C(/C#CC)C=C(C)C.CC.CC. The van der Waals surface area contributed by atoms with E-state index in [1.807, 2.05) is 60.6 Å². The molecule has 0 aliphatic carbocycles. The van der Waals surface area contributed by atoms with Gasteiger partial charge in [-0.1, -0.05) is 51.8 Å². The van der Waals surface area contributed by atoms with Crippen molar-refractivity contribution in [2.45, 2.75) is 48.5 Å². The van der Waals surface area contributed by atoms with Crippen molar-refractivity contribution >= 4 is 0 Å². The molecule has 0 spiro atoms. The van der Waals surface area contributed by atoms with Crippen molar-refractivity contribution in [1.29, 1.82) is 0 Å². The molecule has 15 heavy (non-hydrogen) atoms. The molecule has 0 saturated heterocycles. The van der Waals surface area contributed by atoms with E-state index in [0.29, 0.717) is 0 Å². The molecule has 0 aromatic carbocycles. The lowest BCUT2D eigenvalue weighted by atomic mass is 10.2. The van der Waals surface area contributed by atoms with Gasteiger partial charge >= 0.3 is 0 Å². The largest absolute Gasteiger partial charge is 0.101 e. The molecule has 0 saturated carbocycles. The van der Waals surface area contributed by atoms with Crippen LogP contribution in [0, 0.1) is 11.8 Å². The molecular weight excluding hydrogens is 180 g/mol. The zero-order chi connectivity index (χ0) is 12.7. The van der Waals surface area contributed by atoms with Gasteiger partial charge < -0.3 is 0 Å². The molecular formula is C15H26. The second-order valence-corrected chi connectivity index (χ2v) is 2.45. The number of hydrogen-bond acceptors (Lipinski definition) is 0. The third-order valence-corrected chi connectivity index (χ3v) is 1.01. The second-order valence-electron chi connectivity index (χ2n) is 2.45. The molecule has 0 atom stereocenters. The lowest BCUT2D eigenvalue weighted by Crippen LogP contribution is -1.72. The maximum absolute atomic E-state index is 3.62. The summed E-state index contributed by atoms with van der Waals surface area (Å²) in [4.78, 5) is 0. The number of hydrogen-bond donors (Lipinski definition) is 0. The van der Waals surface area contributed by atoms with E-state index >= 15 is 0 Å². The first-order valence-corrected chi connectivity index (χ1v) is 5.61.